The van der Waals surface area contributed by atoms with Crippen LogP contribution in [0.3, 0.4) is 0 Å². The van der Waals surface area contributed by atoms with Gasteiger partial charge in [0.2, 0.25) is 0 Å². The fourth-order valence-electron chi connectivity index (χ4n) is 2.99. The van der Waals surface area contributed by atoms with Crippen molar-refractivity contribution in [3.63, 3.8) is 0 Å². The van der Waals surface area contributed by atoms with E-state index < -0.39 is 5.63 Å². The minimum absolute atomic E-state index is 0.113. The Morgan fingerprint density at radius 1 is 1.21 bits per heavy atom. The Labute approximate surface area is 137 Å². The van der Waals surface area contributed by atoms with Gasteiger partial charge in [-0.3, -0.25) is 4.79 Å². The zero-order valence-corrected chi connectivity index (χ0v) is 12.9. The molecule has 0 radical (unpaired) electrons. The number of aryl methyl sites for hydroxylation is 1. The van der Waals surface area contributed by atoms with E-state index in [0.29, 0.717) is 17.1 Å². The van der Waals surface area contributed by atoms with Gasteiger partial charge in [0.15, 0.2) is 0 Å². The van der Waals surface area contributed by atoms with Crippen molar-refractivity contribution in [3.8, 4) is 11.4 Å². The van der Waals surface area contributed by atoms with Crippen molar-refractivity contribution in [2.75, 3.05) is 0 Å². The van der Waals surface area contributed by atoms with Crippen LogP contribution < -0.4 is 10.4 Å². The van der Waals surface area contributed by atoms with Crippen LogP contribution in [-0.2, 0) is 4.79 Å². The molecule has 6 heteroatoms. The van der Waals surface area contributed by atoms with Crippen LogP contribution in [0.2, 0.25) is 0 Å². The highest BCUT2D eigenvalue weighted by molar-refractivity contribution is 5.77. The molecule has 0 spiro atoms. The van der Waals surface area contributed by atoms with Crippen LogP contribution in [0.4, 0.5) is 0 Å². The highest BCUT2D eigenvalue weighted by atomic mass is 16.5. The normalized spacial score (nSPS) is 16.5. The molecule has 0 saturated heterocycles. The van der Waals surface area contributed by atoms with Gasteiger partial charge in [0.05, 0.1) is 17.7 Å². The summed E-state index contributed by atoms with van der Waals surface area (Å²) in [5.41, 5.74) is 1.70. The fraction of sp³-hybridized carbons (Fsp3) is 0.167. The summed E-state index contributed by atoms with van der Waals surface area (Å²) in [7, 11) is 0. The Hall–Kier alpha value is -3.15. The number of aromatic nitrogens is 2. The summed E-state index contributed by atoms with van der Waals surface area (Å²) in [5.74, 6) is -0.0131. The van der Waals surface area contributed by atoms with Gasteiger partial charge in [0.25, 0.3) is 0 Å². The van der Waals surface area contributed by atoms with Gasteiger partial charge in [-0.1, -0.05) is 12.1 Å². The highest BCUT2D eigenvalue weighted by Crippen LogP contribution is 2.37. The lowest BCUT2D eigenvalue weighted by molar-refractivity contribution is -0.135. The maximum absolute atomic E-state index is 12.3. The van der Waals surface area contributed by atoms with Gasteiger partial charge in [-0.05, 0) is 30.7 Å². The van der Waals surface area contributed by atoms with E-state index in [9.17, 15) is 9.59 Å². The molecule has 1 aromatic carbocycles. The van der Waals surface area contributed by atoms with E-state index in [2.05, 4.69) is 5.10 Å². The zero-order chi connectivity index (χ0) is 16.7. The van der Waals surface area contributed by atoms with Gasteiger partial charge < -0.3 is 9.15 Å². The molecule has 3 heterocycles. The average Bonchev–Trinajstić information content (AvgIpc) is 3.08. The van der Waals surface area contributed by atoms with Crippen LogP contribution in [0.1, 0.15) is 29.2 Å². The van der Waals surface area contributed by atoms with Gasteiger partial charge >= 0.3 is 11.6 Å². The third-order valence-electron chi connectivity index (χ3n) is 4.08. The van der Waals surface area contributed by atoms with Crippen molar-refractivity contribution in [3.05, 3.63) is 76.1 Å². The number of nitrogens with zero attached hydrogens (tertiary/aromatic N) is 2. The number of carbonyl (C=O) groups excluding carboxylic acids is 1. The molecule has 1 unspecified atom stereocenters. The summed E-state index contributed by atoms with van der Waals surface area (Å²) >= 11 is 0. The first-order chi connectivity index (χ1) is 11.6. The van der Waals surface area contributed by atoms with Crippen molar-refractivity contribution in [1.82, 2.24) is 9.78 Å². The monoisotopic (exact) mass is 322 g/mol. The molecule has 6 nitrogen and oxygen atoms in total. The summed E-state index contributed by atoms with van der Waals surface area (Å²) in [4.78, 5) is 24.2. The lowest BCUT2D eigenvalue weighted by Crippen LogP contribution is -2.26. The smallest absolute Gasteiger partial charge is 0.343 e. The molecule has 0 saturated carbocycles. The number of rotatable bonds is 2. The fourth-order valence-corrected chi connectivity index (χ4v) is 2.99. The molecule has 24 heavy (non-hydrogen) atoms. The molecular weight excluding hydrogens is 308 g/mol. The van der Waals surface area contributed by atoms with Crippen LogP contribution in [0, 0.1) is 6.92 Å². The molecule has 2 aromatic heterocycles. The Bertz CT molecular complexity index is 956. The van der Waals surface area contributed by atoms with Crippen LogP contribution in [0.5, 0.6) is 5.75 Å². The Morgan fingerprint density at radius 2 is 2.00 bits per heavy atom. The molecule has 0 N–H and O–H groups in total. The summed E-state index contributed by atoms with van der Waals surface area (Å²) in [6, 6.07) is 11.0. The number of fused-ring (bicyclic) bond motifs is 1. The van der Waals surface area contributed by atoms with Crippen molar-refractivity contribution in [2.45, 2.75) is 19.3 Å². The third-order valence-corrected chi connectivity index (χ3v) is 4.08. The Balaban J connectivity index is 1.78. The second-order valence-electron chi connectivity index (χ2n) is 5.70. The SMILES string of the molecule is Cc1cc2c(c(=O)o1)C(c1ccc(-n3cccn3)cc1)CC(=O)O2. The molecule has 0 bridgehead atoms. The summed E-state index contributed by atoms with van der Waals surface area (Å²) in [5, 5.41) is 4.18. The number of esters is 1. The molecule has 3 aromatic rings. The third kappa shape index (κ3) is 2.42. The summed E-state index contributed by atoms with van der Waals surface area (Å²) < 4.78 is 12.1. The molecule has 4 rings (SSSR count). The van der Waals surface area contributed by atoms with E-state index in [1.807, 2.05) is 36.5 Å². The minimum Gasteiger partial charge on any atom is -0.428 e. The lowest BCUT2D eigenvalue weighted by Gasteiger charge is -2.23. The Kier molecular flexibility index (Phi) is 3.30. The van der Waals surface area contributed by atoms with Gasteiger partial charge in [-0.25, -0.2) is 9.48 Å². The predicted molar refractivity (Wildman–Crippen MR) is 85.4 cm³/mol. The van der Waals surface area contributed by atoms with E-state index in [1.54, 1.807) is 23.9 Å². The first kappa shape index (κ1) is 14.4. The van der Waals surface area contributed by atoms with Crippen molar-refractivity contribution in [1.29, 1.82) is 0 Å². The van der Waals surface area contributed by atoms with E-state index in [-0.39, 0.29) is 18.3 Å². The second kappa shape index (κ2) is 5.49. The molecule has 1 aliphatic rings. The number of hydrogen-bond acceptors (Lipinski definition) is 5. The maximum Gasteiger partial charge on any atom is 0.343 e. The molecule has 1 aliphatic heterocycles. The van der Waals surface area contributed by atoms with Crippen molar-refractivity contribution in [2.24, 2.45) is 0 Å². The molecule has 120 valence electrons. The van der Waals surface area contributed by atoms with Gasteiger partial charge in [0, 0.05) is 24.4 Å². The average molecular weight is 322 g/mol. The molecule has 0 aliphatic carbocycles. The van der Waals surface area contributed by atoms with Crippen LogP contribution in [-0.4, -0.2) is 15.7 Å². The first-order valence-electron chi connectivity index (χ1n) is 7.57. The zero-order valence-electron chi connectivity index (χ0n) is 12.9. The Morgan fingerprint density at radius 3 is 2.71 bits per heavy atom. The van der Waals surface area contributed by atoms with Gasteiger partial charge in [-0.15, -0.1) is 0 Å². The summed E-state index contributed by atoms with van der Waals surface area (Å²) in [6.45, 7) is 1.65. The second-order valence-corrected chi connectivity index (χ2v) is 5.70. The number of benzene rings is 1. The minimum atomic E-state index is -0.460. The topological polar surface area (TPSA) is 74.3 Å². The quantitative estimate of drug-likeness (QED) is 0.678. The van der Waals surface area contributed by atoms with Gasteiger partial charge in [0.1, 0.15) is 11.5 Å². The van der Waals surface area contributed by atoms with Crippen LogP contribution in [0.15, 0.2) is 58.0 Å². The standard InChI is InChI=1S/C18H14N2O4/c1-11-9-15-17(18(22)23-11)14(10-16(21)24-15)12-3-5-13(6-4-12)20-8-2-7-19-20/h2-9,14H,10H2,1H3. The number of ether oxygens (including phenoxy) is 1. The van der Waals surface area contributed by atoms with Gasteiger partial charge in [-0.2, -0.15) is 5.10 Å². The van der Waals surface area contributed by atoms with E-state index in [0.717, 1.165) is 11.3 Å². The molecule has 0 fully saturated rings. The number of hydrogen-bond donors (Lipinski definition) is 0. The predicted octanol–water partition coefficient (Wildman–Crippen LogP) is 2.57. The largest absolute Gasteiger partial charge is 0.428 e. The van der Waals surface area contributed by atoms with E-state index >= 15 is 0 Å². The first-order valence-corrected chi connectivity index (χ1v) is 7.57. The van der Waals surface area contributed by atoms with Crippen LogP contribution >= 0.6 is 0 Å². The van der Waals surface area contributed by atoms with Crippen molar-refractivity contribution >= 4 is 5.97 Å². The summed E-state index contributed by atoms with van der Waals surface area (Å²) in [6.07, 6.45) is 3.66. The molecular formula is C18H14N2O4. The molecule has 0 amide bonds. The number of carbonyl (C=O) groups is 1. The molecule has 1 atom stereocenters. The lowest BCUT2D eigenvalue weighted by atomic mass is 9.87. The maximum atomic E-state index is 12.3. The van der Waals surface area contributed by atoms with E-state index in [4.69, 9.17) is 9.15 Å². The van der Waals surface area contributed by atoms with Crippen LogP contribution in [0.25, 0.3) is 5.69 Å². The highest BCUT2D eigenvalue weighted by Gasteiger charge is 2.32. The van der Waals surface area contributed by atoms with Crippen molar-refractivity contribution < 1.29 is 13.9 Å². The van der Waals surface area contributed by atoms with E-state index in [1.165, 1.54) is 0 Å².